The minimum atomic E-state index is -0.585. The van der Waals surface area contributed by atoms with Gasteiger partial charge in [-0.3, -0.25) is 24.5 Å². The fourth-order valence-corrected chi connectivity index (χ4v) is 13.9. The zero-order valence-corrected chi connectivity index (χ0v) is 44.7. The Morgan fingerprint density at radius 2 is 1.67 bits per heavy atom. The topological polar surface area (TPSA) is 160 Å². The number of halogens is 2. The van der Waals surface area contributed by atoms with Crippen molar-refractivity contribution < 1.29 is 37.4 Å². The summed E-state index contributed by atoms with van der Waals surface area (Å²) < 4.78 is 50.8. The number of ether oxygens (including phenoxy) is 3. The number of carbonyl (C=O) groups is 3. The van der Waals surface area contributed by atoms with Gasteiger partial charge in [-0.25, -0.2) is 18.6 Å². The van der Waals surface area contributed by atoms with E-state index in [1.165, 1.54) is 38.1 Å². The van der Waals surface area contributed by atoms with Crippen molar-refractivity contribution in [1.29, 1.82) is 0 Å². The number of imide groups is 1. The van der Waals surface area contributed by atoms with Crippen LogP contribution in [0.3, 0.4) is 0 Å². The minimum absolute atomic E-state index is 0.00280. The van der Waals surface area contributed by atoms with Crippen molar-refractivity contribution in [3.63, 3.8) is 0 Å². The van der Waals surface area contributed by atoms with Crippen LogP contribution >= 0.6 is 0 Å². The number of amides is 3. The number of fused-ring (bicyclic) bond motifs is 5. The van der Waals surface area contributed by atoms with Gasteiger partial charge in [0.2, 0.25) is 11.8 Å². The second-order valence-electron chi connectivity index (χ2n) is 22.5. The number of terminal acetylenes is 1. The van der Waals surface area contributed by atoms with Crippen molar-refractivity contribution in [3.05, 3.63) is 77.1 Å². The van der Waals surface area contributed by atoms with Crippen LogP contribution in [0.15, 0.2) is 48.5 Å². The third-order valence-electron chi connectivity index (χ3n) is 18.0. The number of nitrogens with zero attached hydrogens (tertiary/aromatic N) is 9. The number of hydrogen-bond donors (Lipinski definition) is 1. The molecule has 2 atom stereocenters. The van der Waals surface area contributed by atoms with Gasteiger partial charge < -0.3 is 28.9 Å². The Labute approximate surface area is 453 Å². The average molecular weight is 1060 g/mol. The number of nitrogens with one attached hydrogen (secondary N) is 1. The number of likely N-dealkylation sites (tertiary alicyclic amines) is 1. The van der Waals surface area contributed by atoms with Crippen LogP contribution in [0, 0.1) is 35.8 Å². The average Bonchev–Trinajstić information content (AvgIpc) is 4.08. The third kappa shape index (κ3) is 9.75. The van der Waals surface area contributed by atoms with Crippen LogP contribution in [0.25, 0.3) is 43.8 Å². The molecule has 0 saturated carbocycles. The number of methoxy groups -OCH3 is 1. The Bertz CT molecular complexity index is 3340. The normalized spacial score (nSPS) is 21.9. The zero-order valence-electron chi connectivity index (χ0n) is 44.7. The summed E-state index contributed by atoms with van der Waals surface area (Å²) in [5.41, 5.74) is 4.50. The van der Waals surface area contributed by atoms with Gasteiger partial charge in [-0.05, 0) is 138 Å². The Balaban J connectivity index is 0.000000160. The number of aryl methyl sites for hydroxylation is 2. The summed E-state index contributed by atoms with van der Waals surface area (Å²) in [7, 11) is 3.37. The molecule has 78 heavy (non-hydrogen) atoms. The molecule has 0 radical (unpaired) electrons. The van der Waals surface area contributed by atoms with Gasteiger partial charge in [0.15, 0.2) is 5.82 Å². The van der Waals surface area contributed by atoms with E-state index in [4.69, 9.17) is 35.6 Å². The second-order valence-corrected chi connectivity index (χ2v) is 22.5. The van der Waals surface area contributed by atoms with Crippen LogP contribution in [-0.4, -0.2) is 137 Å². The molecule has 0 aliphatic carbocycles. The summed E-state index contributed by atoms with van der Waals surface area (Å²) in [4.78, 5) is 59.3. The zero-order chi connectivity index (χ0) is 53.7. The monoisotopic (exact) mass is 1060 g/mol. The highest BCUT2D eigenvalue weighted by atomic mass is 19.1. The van der Waals surface area contributed by atoms with Gasteiger partial charge in [0.1, 0.15) is 29.5 Å². The highest BCUT2D eigenvalue weighted by Gasteiger charge is 2.45. The first-order chi connectivity index (χ1) is 38.0. The maximum absolute atomic E-state index is 16.9. The molecule has 10 heterocycles. The number of carbonyl (C=O) groups excluding carboxylic acids is 3. The second kappa shape index (κ2) is 21.7. The fraction of sp³-hybridized carbons (Fsp3) is 0.517. The molecule has 2 unspecified atom stereocenters. The van der Waals surface area contributed by atoms with E-state index in [0.717, 1.165) is 120 Å². The molecule has 18 heteroatoms. The van der Waals surface area contributed by atoms with Crippen LogP contribution in [0.4, 0.5) is 25.1 Å². The quantitative estimate of drug-likeness (QED) is 0.114. The fourth-order valence-electron chi connectivity index (χ4n) is 13.9. The van der Waals surface area contributed by atoms with Crippen LogP contribution < -0.4 is 19.9 Å². The summed E-state index contributed by atoms with van der Waals surface area (Å²) in [6.07, 6.45) is 18.9. The van der Waals surface area contributed by atoms with Crippen LogP contribution in [0.2, 0.25) is 0 Å². The van der Waals surface area contributed by atoms with Gasteiger partial charge in [0.25, 0.3) is 0 Å². The smallest absolute Gasteiger partial charge is 0.409 e. The largest absolute Gasteiger partial charge is 0.461 e. The van der Waals surface area contributed by atoms with E-state index in [0.29, 0.717) is 78.2 Å². The first kappa shape index (κ1) is 51.8. The van der Waals surface area contributed by atoms with Crippen LogP contribution in [0.5, 0.6) is 6.01 Å². The molecule has 6 fully saturated rings. The van der Waals surface area contributed by atoms with Gasteiger partial charge in [0.05, 0.1) is 59.1 Å². The lowest BCUT2D eigenvalue weighted by Gasteiger charge is -2.37. The van der Waals surface area contributed by atoms with Crippen molar-refractivity contribution >= 4 is 62.0 Å². The molecule has 3 aromatic heterocycles. The molecule has 16 nitrogen and oxygen atoms in total. The van der Waals surface area contributed by atoms with Crippen LogP contribution in [0.1, 0.15) is 106 Å². The lowest BCUT2D eigenvalue weighted by molar-refractivity contribution is -0.134. The summed E-state index contributed by atoms with van der Waals surface area (Å²) in [6, 6.07) is 15.1. The van der Waals surface area contributed by atoms with E-state index in [1.54, 1.807) is 12.1 Å². The molecule has 7 aliphatic heterocycles. The summed E-state index contributed by atoms with van der Waals surface area (Å²) in [5.74, 6) is 2.63. The molecule has 6 saturated heterocycles. The third-order valence-corrected chi connectivity index (χ3v) is 18.0. The first-order valence-electron chi connectivity index (χ1n) is 28.2. The molecular formula is C60H68F2N10O6. The molecule has 6 aromatic rings. The number of pyridine rings is 1. The predicted octanol–water partition coefficient (Wildman–Crippen LogP) is 8.83. The first-order valence-corrected chi connectivity index (χ1v) is 28.2. The summed E-state index contributed by atoms with van der Waals surface area (Å²) in [5, 5.41) is 9.90. The van der Waals surface area contributed by atoms with Gasteiger partial charge >= 0.3 is 12.1 Å². The molecule has 408 valence electrons. The Morgan fingerprint density at radius 1 is 0.885 bits per heavy atom. The van der Waals surface area contributed by atoms with Gasteiger partial charge in [-0.1, -0.05) is 30.2 Å². The van der Waals surface area contributed by atoms with Crippen molar-refractivity contribution in [3.8, 4) is 29.6 Å². The van der Waals surface area contributed by atoms with E-state index in [9.17, 15) is 18.8 Å². The van der Waals surface area contributed by atoms with E-state index < -0.39 is 11.6 Å². The number of anilines is 2. The highest BCUT2D eigenvalue weighted by Crippen LogP contribution is 2.43. The molecule has 3 amide bonds. The van der Waals surface area contributed by atoms with Gasteiger partial charge in [0, 0.05) is 74.8 Å². The van der Waals surface area contributed by atoms with Crippen molar-refractivity contribution in [2.45, 2.75) is 107 Å². The highest BCUT2D eigenvalue weighted by molar-refractivity contribution is 6.04. The van der Waals surface area contributed by atoms with Gasteiger partial charge in [-0.15, -0.1) is 6.42 Å². The number of piperidine rings is 3. The molecule has 7 aliphatic rings. The van der Waals surface area contributed by atoms with Crippen molar-refractivity contribution in [2.75, 3.05) is 82.5 Å². The molecule has 1 N–H and O–H groups in total. The summed E-state index contributed by atoms with van der Waals surface area (Å²) in [6.45, 7) is 8.32. The number of rotatable bonds is 8. The maximum atomic E-state index is 16.9. The van der Waals surface area contributed by atoms with Gasteiger partial charge in [-0.2, -0.15) is 15.1 Å². The standard InChI is InChI=1S/C34H33F2N5O2.C26H35N5O4/c1-2-23-25(35)11-9-21-7-3-8-24(27(21)23)30-29(36)31-28-26(37-30)12-10-22-19-42-18-6-17-41(22)32(28)39-33(38-31)43-20-34-13-4-15-40(34)16-5-14-34;1-29-22-16-19(3-4-20(22)24(28-29)21-5-6-23(32)27-25(21)33)30-11-7-17(8-12-30)15-18-9-13-31(14-10-18)26(34)35-2/h1,3,7-9,11,22H,4-6,10,12-20H2;3-4,16-18,21H,5-15H2,1-2H3,(H,27,32,33). The number of aromatic nitrogens is 5. The number of hydrogen-bond acceptors (Lipinski definition) is 13. The molecule has 0 bridgehead atoms. The van der Waals surface area contributed by atoms with E-state index in [1.807, 2.05) is 28.8 Å². The molecule has 3 aromatic carbocycles. The molecule has 13 rings (SSSR count). The molecule has 0 spiro atoms. The van der Waals surface area contributed by atoms with E-state index in [2.05, 4.69) is 49.2 Å². The van der Waals surface area contributed by atoms with Crippen molar-refractivity contribution in [2.24, 2.45) is 18.9 Å². The Kier molecular flexibility index (Phi) is 14.4. The Morgan fingerprint density at radius 3 is 2.42 bits per heavy atom. The SMILES string of the molecule is C#Cc1c(F)ccc2cccc(-c3nc4c5c(nc(OCC67CCCN6CCC7)nc5c3F)N3CCCOCC3CC4)c12.COC(=O)N1CCC(CC2CCN(c3ccc4c(C5CCC(=O)NC5=O)nn(C)c4c3)CC2)CC1. The maximum Gasteiger partial charge on any atom is 0.409 e. The van der Waals surface area contributed by atoms with E-state index >= 15 is 4.39 Å². The lowest BCUT2D eigenvalue weighted by Crippen LogP contribution is -2.43. The van der Waals surface area contributed by atoms with Crippen LogP contribution in [-0.2, 0) is 32.5 Å². The Hall–Kier alpha value is -6.97. The lowest BCUT2D eigenvalue weighted by atomic mass is 9.83. The summed E-state index contributed by atoms with van der Waals surface area (Å²) >= 11 is 0. The molecular weight excluding hydrogens is 995 g/mol. The number of benzene rings is 3. The minimum Gasteiger partial charge on any atom is -0.461 e. The van der Waals surface area contributed by atoms with Crippen molar-refractivity contribution in [1.82, 2.24) is 39.8 Å². The predicted molar refractivity (Wildman–Crippen MR) is 293 cm³/mol. The van der Waals surface area contributed by atoms with E-state index in [-0.39, 0.29) is 58.2 Å².